The lowest BCUT2D eigenvalue weighted by Gasteiger charge is -2.11. The molecule has 3 heteroatoms. The van der Waals surface area contributed by atoms with Gasteiger partial charge in [-0.15, -0.1) is 0 Å². The molecule has 0 bridgehead atoms. The van der Waals surface area contributed by atoms with Crippen molar-refractivity contribution in [2.45, 2.75) is 19.8 Å². The summed E-state index contributed by atoms with van der Waals surface area (Å²) in [5.41, 5.74) is 2.83. The number of hydrogen-bond donors (Lipinski definition) is 1. The summed E-state index contributed by atoms with van der Waals surface area (Å²) in [7, 11) is 0. The van der Waals surface area contributed by atoms with Crippen LogP contribution in [0.5, 0.6) is 5.75 Å². The molecule has 102 valence electrons. The third-order valence-electron chi connectivity index (χ3n) is 3.48. The number of phenols is 1. The van der Waals surface area contributed by atoms with Gasteiger partial charge in [0, 0.05) is 24.0 Å². The summed E-state index contributed by atoms with van der Waals surface area (Å²) in [4.78, 5) is 0. The predicted molar refractivity (Wildman–Crippen MR) is 75.9 cm³/mol. The highest BCUT2D eigenvalue weighted by molar-refractivity contribution is 5.47. The van der Waals surface area contributed by atoms with Gasteiger partial charge in [0.2, 0.25) is 0 Å². The van der Waals surface area contributed by atoms with Gasteiger partial charge in [0.1, 0.15) is 17.3 Å². The Morgan fingerprint density at radius 3 is 2.15 bits per heavy atom. The van der Waals surface area contributed by atoms with Gasteiger partial charge in [-0.3, -0.25) is 0 Å². The molecular weight excluding hydrogens is 252 g/mol. The number of hydrogen-bond acceptors (Lipinski definition) is 3. The smallest absolute Gasteiger partial charge is 0.123 e. The minimum atomic E-state index is 0.331. The van der Waals surface area contributed by atoms with E-state index in [1.807, 2.05) is 43.3 Å². The summed E-state index contributed by atoms with van der Waals surface area (Å²) < 4.78 is 10.7. The van der Waals surface area contributed by atoms with Crippen LogP contribution in [0.3, 0.4) is 0 Å². The second-order valence-corrected chi connectivity index (χ2v) is 4.88. The highest BCUT2D eigenvalue weighted by atomic mass is 16.3. The monoisotopic (exact) mass is 268 g/mol. The number of benzene rings is 1. The van der Waals surface area contributed by atoms with Crippen molar-refractivity contribution in [2.24, 2.45) is 0 Å². The molecule has 0 aliphatic heterocycles. The summed E-state index contributed by atoms with van der Waals surface area (Å²) in [6.45, 7) is 1.99. The molecule has 0 saturated carbocycles. The van der Waals surface area contributed by atoms with Gasteiger partial charge >= 0.3 is 0 Å². The molecule has 1 N–H and O–H groups in total. The minimum Gasteiger partial charge on any atom is -0.507 e. The van der Waals surface area contributed by atoms with Gasteiger partial charge in [-0.25, -0.2) is 0 Å². The molecule has 0 spiro atoms. The summed E-state index contributed by atoms with van der Waals surface area (Å²) >= 11 is 0. The summed E-state index contributed by atoms with van der Waals surface area (Å²) in [6.07, 6.45) is 4.47. The van der Waals surface area contributed by atoms with Crippen LogP contribution in [0.2, 0.25) is 0 Å². The molecule has 0 fully saturated rings. The molecule has 0 aliphatic rings. The van der Waals surface area contributed by atoms with E-state index in [1.165, 1.54) is 0 Å². The summed E-state index contributed by atoms with van der Waals surface area (Å²) in [5.74, 6) is 2.02. The van der Waals surface area contributed by atoms with Crippen LogP contribution >= 0.6 is 0 Å². The van der Waals surface area contributed by atoms with Crippen LogP contribution in [0.15, 0.2) is 57.8 Å². The first kappa shape index (κ1) is 12.6. The number of aryl methyl sites for hydroxylation is 1. The van der Waals surface area contributed by atoms with E-state index in [1.54, 1.807) is 12.5 Å². The highest BCUT2D eigenvalue weighted by Crippen LogP contribution is 2.30. The molecule has 0 atom stereocenters. The Kier molecular flexibility index (Phi) is 3.33. The van der Waals surface area contributed by atoms with Crippen LogP contribution in [0, 0.1) is 6.92 Å². The van der Waals surface area contributed by atoms with Gasteiger partial charge in [-0.05, 0) is 36.8 Å². The third kappa shape index (κ3) is 2.48. The van der Waals surface area contributed by atoms with Gasteiger partial charge in [0.05, 0.1) is 12.5 Å². The van der Waals surface area contributed by atoms with Crippen molar-refractivity contribution in [1.29, 1.82) is 0 Å². The number of rotatable bonds is 4. The first-order valence-electron chi connectivity index (χ1n) is 6.59. The van der Waals surface area contributed by atoms with Gasteiger partial charge < -0.3 is 13.9 Å². The van der Waals surface area contributed by atoms with E-state index in [9.17, 15) is 5.11 Å². The van der Waals surface area contributed by atoms with Crippen molar-refractivity contribution in [1.82, 2.24) is 0 Å². The molecule has 3 nitrogen and oxygen atoms in total. The van der Waals surface area contributed by atoms with Crippen molar-refractivity contribution < 1.29 is 13.9 Å². The van der Waals surface area contributed by atoms with Crippen LogP contribution in [0.25, 0.3) is 0 Å². The lowest BCUT2D eigenvalue weighted by molar-refractivity contribution is 0.453. The normalized spacial score (nSPS) is 10.8. The second kappa shape index (κ2) is 5.29. The van der Waals surface area contributed by atoms with E-state index in [4.69, 9.17) is 8.83 Å². The maximum Gasteiger partial charge on any atom is 0.123 e. The van der Waals surface area contributed by atoms with Crippen molar-refractivity contribution in [3.8, 4) is 5.75 Å². The topological polar surface area (TPSA) is 46.5 Å². The Morgan fingerprint density at radius 2 is 1.55 bits per heavy atom. The second-order valence-electron chi connectivity index (χ2n) is 4.88. The van der Waals surface area contributed by atoms with Gasteiger partial charge in [-0.1, -0.05) is 12.1 Å². The zero-order valence-electron chi connectivity index (χ0n) is 11.3. The summed E-state index contributed by atoms with van der Waals surface area (Å²) in [5, 5.41) is 10.5. The molecule has 0 unspecified atom stereocenters. The molecule has 0 amide bonds. The van der Waals surface area contributed by atoms with E-state index < -0.39 is 0 Å². The minimum absolute atomic E-state index is 0.331. The number of aromatic hydroxyl groups is 1. The van der Waals surface area contributed by atoms with E-state index in [0.717, 1.165) is 28.2 Å². The molecule has 3 rings (SSSR count). The Balaban J connectivity index is 1.93. The first-order chi connectivity index (χ1) is 9.74. The molecule has 20 heavy (non-hydrogen) atoms. The molecule has 2 aromatic heterocycles. The van der Waals surface area contributed by atoms with Crippen molar-refractivity contribution >= 4 is 0 Å². The quantitative estimate of drug-likeness (QED) is 0.776. The molecule has 0 saturated heterocycles. The van der Waals surface area contributed by atoms with Crippen LogP contribution in [0.4, 0.5) is 0 Å². The largest absolute Gasteiger partial charge is 0.507 e. The van der Waals surface area contributed by atoms with Crippen LogP contribution in [-0.2, 0) is 12.8 Å². The van der Waals surface area contributed by atoms with Crippen molar-refractivity contribution in [3.05, 3.63) is 77.1 Å². The van der Waals surface area contributed by atoms with Gasteiger partial charge in [-0.2, -0.15) is 0 Å². The van der Waals surface area contributed by atoms with E-state index >= 15 is 0 Å². The van der Waals surface area contributed by atoms with E-state index in [2.05, 4.69) is 0 Å². The lowest BCUT2D eigenvalue weighted by Crippen LogP contribution is -1.96. The maximum atomic E-state index is 10.5. The van der Waals surface area contributed by atoms with Crippen LogP contribution in [0.1, 0.15) is 28.2 Å². The Bertz CT molecular complexity index is 679. The standard InChI is InChI=1S/C17H16O3/c1-12-6-7-13(10-14-4-2-8-19-14)17(18)16(12)11-15-5-3-9-20-15/h2-9,18H,10-11H2,1H3. The fraction of sp³-hybridized carbons (Fsp3) is 0.176. The SMILES string of the molecule is Cc1ccc(Cc2ccco2)c(O)c1Cc1ccco1. The number of phenolic OH excluding ortho intramolecular Hbond substituents is 1. The zero-order chi connectivity index (χ0) is 13.9. The Hall–Kier alpha value is -2.42. The van der Waals surface area contributed by atoms with Crippen LogP contribution < -0.4 is 0 Å². The van der Waals surface area contributed by atoms with Crippen LogP contribution in [-0.4, -0.2) is 5.11 Å². The Morgan fingerprint density at radius 1 is 0.900 bits per heavy atom. The molecule has 0 aliphatic carbocycles. The van der Waals surface area contributed by atoms with E-state index in [-0.39, 0.29) is 0 Å². The fourth-order valence-electron chi connectivity index (χ4n) is 2.34. The fourth-order valence-corrected chi connectivity index (χ4v) is 2.34. The molecular formula is C17H16O3. The molecule has 2 heterocycles. The zero-order valence-corrected chi connectivity index (χ0v) is 11.3. The van der Waals surface area contributed by atoms with Crippen molar-refractivity contribution in [2.75, 3.05) is 0 Å². The van der Waals surface area contributed by atoms with E-state index in [0.29, 0.717) is 18.6 Å². The van der Waals surface area contributed by atoms with Crippen molar-refractivity contribution in [3.63, 3.8) is 0 Å². The number of furan rings is 2. The maximum absolute atomic E-state index is 10.5. The lowest BCUT2D eigenvalue weighted by atomic mass is 9.97. The first-order valence-corrected chi connectivity index (χ1v) is 6.59. The molecule has 1 aromatic carbocycles. The average Bonchev–Trinajstić information content (AvgIpc) is 3.11. The highest BCUT2D eigenvalue weighted by Gasteiger charge is 2.13. The van der Waals surface area contributed by atoms with Gasteiger partial charge in [0.15, 0.2) is 0 Å². The third-order valence-corrected chi connectivity index (χ3v) is 3.48. The van der Waals surface area contributed by atoms with Gasteiger partial charge in [0.25, 0.3) is 0 Å². The average molecular weight is 268 g/mol. The summed E-state index contributed by atoms with van der Waals surface area (Å²) in [6, 6.07) is 11.5. The molecule has 3 aromatic rings. The predicted octanol–water partition coefficient (Wildman–Crippen LogP) is 4.07. The Labute approximate surface area is 117 Å². The molecule has 0 radical (unpaired) electrons.